The molecule has 0 fully saturated rings. The molecule has 0 spiro atoms. The first-order chi connectivity index (χ1) is 8.26. The maximum atomic E-state index is 5.36. The molecule has 2 heterocycles. The molecule has 0 bridgehead atoms. The minimum absolute atomic E-state index is 0.152. The number of aryl methyl sites for hydroxylation is 2. The largest absolute Gasteiger partial charge is 0.469 e. The van der Waals surface area contributed by atoms with Crippen molar-refractivity contribution in [3.63, 3.8) is 0 Å². The van der Waals surface area contributed by atoms with E-state index in [0.717, 1.165) is 18.7 Å². The molecular weight excluding hydrogens is 214 g/mol. The number of hydrogen-bond acceptors (Lipinski definition) is 3. The SMILES string of the molecule is CCCn1cc(C(NC)c2ccoc2C)cn1. The summed E-state index contributed by atoms with van der Waals surface area (Å²) in [6.45, 7) is 5.09. The second-order valence-electron chi connectivity index (χ2n) is 4.19. The molecule has 2 aromatic heterocycles. The fourth-order valence-corrected chi connectivity index (χ4v) is 2.08. The van der Waals surface area contributed by atoms with Gasteiger partial charge in [0.1, 0.15) is 5.76 Å². The van der Waals surface area contributed by atoms with Crippen molar-refractivity contribution >= 4 is 0 Å². The number of hydrogen-bond donors (Lipinski definition) is 1. The highest BCUT2D eigenvalue weighted by molar-refractivity contribution is 5.30. The summed E-state index contributed by atoms with van der Waals surface area (Å²) in [5, 5.41) is 7.66. The van der Waals surface area contributed by atoms with Crippen molar-refractivity contribution in [3.05, 3.63) is 41.6 Å². The Kier molecular flexibility index (Phi) is 3.64. The highest BCUT2D eigenvalue weighted by Gasteiger charge is 2.17. The van der Waals surface area contributed by atoms with Gasteiger partial charge in [-0.2, -0.15) is 5.10 Å². The van der Waals surface area contributed by atoms with Gasteiger partial charge in [-0.15, -0.1) is 0 Å². The smallest absolute Gasteiger partial charge is 0.105 e. The minimum atomic E-state index is 0.152. The van der Waals surface area contributed by atoms with Crippen LogP contribution in [0.4, 0.5) is 0 Å². The van der Waals surface area contributed by atoms with Gasteiger partial charge in [0.25, 0.3) is 0 Å². The van der Waals surface area contributed by atoms with Crippen molar-refractivity contribution in [3.8, 4) is 0 Å². The van der Waals surface area contributed by atoms with Crippen LogP contribution in [0.15, 0.2) is 29.1 Å². The Bertz CT molecular complexity index is 472. The van der Waals surface area contributed by atoms with Gasteiger partial charge < -0.3 is 9.73 Å². The summed E-state index contributed by atoms with van der Waals surface area (Å²) < 4.78 is 7.34. The predicted octanol–water partition coefficient (Wildman–Crippen LogP) is 2.50. The van der Waals surface area contributed by atoms with Crippen molar-refractivity contribution in [2.45, 2.75) is 32.9 Å². The molecule has 0 amide bonds. The van der Waals surface area contributed by atoms with Gasteiger partial charge in [-0.1, -0.05) is 6.92 Å². The summed E-state index contributed by atoms with van der Waals surface area (Å²) in [6.07, 6.45) is 6.84. The third-order valence-corrected chi connectivity index (χ3v) is 2.94. The van der Waals surface area contributed by atoms with Crippen LogP contribution >= 0.6 is 0 Å². The predicted molar refractivity (Wildman–Crippen MR) is 66.9 cm³/mol. The lowest BCUT2D eigenvalue weighted by Gasteiger charge is -2.13. The van der Waals surface area contributed by atoms with Gasteiger partial charge in [-0.3, -0.25) is 4.68 Å². The van der Waals surface area contributed by atoms with Crippen molar-refractivity contribution in [2.75, 3.05) is 7.05 Å². The van der Waals surface area contributed by atoms with E-state index in [9.17, 15) is 0 Å². The Hall–Kier alpha value is -1.55. The first-order valence-corrected chi connectivity index (χ1v) is 5.99. The van der Waals surface area contributed by atoms with Gasteiger partial charge in [0, 0.05) is 23.9 Å². The van der Waals surface area contributed by atoms with Gasteiger partial charge in [0.15, 0.2) is 0 Å². The summed E-state index contributed by atoms with van der Waals surface area (Å²) in [4.78, 5) is 0. The molecule has 17 heavy (non-hydrogen) atoms. The molecule has 0 aliphatic carbocycles. The van der Waals surface area contributed by atoms with Crippen LogP contribution in [0.25, 0.3) is 0 Å². The standard InChI is InChI=1S/C13H19N3O/c1-4-6-16-9-11(8-15-16)13(14-3)12-5-7-17-10(12)2/h5,7-9,13-14H,4,6H2,1-3H3. The van der Waals surface area contributed by atoms with E-state index in [1.54, 1.807) is 6.26 Å². The molecule has 4 heteroatoms. The van der Waals surface area contributed by atoms with Crippen LogP contribution in [-0.4, -0.2) is 16.8 Å². The lowest BCUT2D eigenvalue weighted by molar-refractivity contribution is 0.523. The van der Waals surface area contributed by atoms with Gasteiger partial charge in [0.2, 0.25) is 0 Å². The minimum Gasteiger partial charge on any atom is -0.469 e. The molecule has 2 aromatic rings. The quantitative estimate of drug-likeness (QED) is 0.862. The van der Waals surface area contributed by atoms with E-state index in [-0.39, 0.29) is 6.04 Å². The fraction of sp³-hybridized carbons (Fsp3) is 0.462. The number of aromatic nitrogens is 2. The Morgan fingerprint density at radius 1 is 1.53 bits per heavy atom. The van der Waals surface area contributed by atoms with E-state index >= 15 is 0 Å². The molecule has 1 N–H and O–H groups in total. The van der Waals surface area contributed by atoms with E-state index in [0.29, 0.717) is 0 Å². The molecule has 1 unspecified atom stereocenters. The van der Waals surface area contributed by atoms with Crippen LogP contribution in [-0.2, 0) is 6.54 Å². The number of furan rings is 1. The Morgan fingerprint density at radius 2 is 2.35 bits per heavy atom. The first-order valence-electron chi connectivity index (χ1n) is 5.99. The summed E-state index contributed by atoms with van der Waals surface area (Å²) in [7, 11) is 1.95. The second kappa shape index (κ2) is 5.19. The maximum Gasteiger partial charge on any atom is 0.105 e. The zero-order valence-corrected chi connectivity index (χ0v) is 10.6. The molecule has 2 rings (SSSR count). The van der Waals surface area contributed by atoms with Gasteiger partial charge >= 0.3 is 0 Å². The Morgan fingerprint density at radius 3 is 2.94 bits per heavy atom. The highest BCUT2D eigenvalue weighted by atomic mass is 16.3. The highest BCUT2D eigenvalue weighted by Crippen LogP contribution is 2.24. The average molecular weight is 233 g/mol. The fourth-order valence-electron chi connectivity index (χ4n) is 2.08. The van der Waals surface area contributed by atoms with E-state index in [1.807, 2.05) is 30.9 Å². The molecular formula is C13H19N3O. The molecule has 0 aliphatic rings. The average Bonchev–Trinajstić information content (AvgIpc) is 2.92. The van der Waals surface area contributed by atoms with Crippen LogP contribution < -0.4 is 5.32 Å². The summed E-state index contributed by atoms with van der Waals surface area (Å²) in [6, 6.07) is 2.16. The van der Waals surface area contributed by atoms with Crippen LogP contribution in [0, 0.1) is 6.92 Å². The lowest BCUT2D eigenvalue weighted by Crippen LogP contribution is -2.17. The lowest BCUT2D eigenvalue weighted by atomic mass is 10.0. The van der Waals surface area contributed by atoms with Gasteiger partial charge in [-0.25, -0.2) is 0 Å². The number of nitrogens with zero attached hydrogens (tertiary/aromatic N) is 2. The zero-order chi connectivity index (χ0) is 12.3. The molecule has 0 aromatic carbocycles. The third kappa shape index (κ3) is 2.42. The normalized spacial score (nSPS) is 12.9. The molecule has 0 radical (unpaired) electrons. The Labute approximate surface area is 102 Å². The van der Waals surface area contributed by atoms with Gasteiger partial charge in [-0.05, 0) is 26.5 Å². The molecule has 92 valence electrons. The summed E-state index contributed by atoms with van der Waals surface area (Å²) >= 11 is 0. The molecule has 4 nitrogen and oxygen atoms in total. The van der Waals surface area contributed by atoms with E-state index in [4.69, 9.17) is 4.42 Å². The van der Waals surface area contributed by atoms with Crippen LogP contribution in [0.5, 0.6) is 0 Å². The third-order valence-electron chi connectivity index (χ3n) is 2.94. The number of rotatable bonds is 5. The van der Waals surface area contributed by atoms with E-state index < -0.39 is 0 Å². The summed E-state index contributed by atoms with van der Waals surface area (Å²) in [5.41, 5.74) is 2.34. The van der Waals surface area contributed by atoms with Crippen molar-refractivity contribution in [1.29, 1.82) is 0 Å². The topological polar surface area (TPSA) is 43.0 Å². The van der Waals surface area contributed by atoms with Crippen LogP contribution in [0.2, 0.25) is 0 Å². The summed E-state index contributed by atoms with van der Waals surface area (Å²) in [5.74, 6) is 0.951. The molecule has 1 atom stereocenters. The molecule has 0 aliphatic heterocycles. The van der Waals surface area contributed by atoms with Crippen molar-refractivity contribution in [1.82, 2.24) is 15.1 Å². The van der Waals surface area contributed by atoms with E-state index in [1.165, 1.54) is 11.1 Å². The first kappa shape index (κ1) is 11.9. The van der Waals surface area contributed by atoms with Crippen molar-refractivity contribution < 1.29 is 4.42 Å². The van der Waals surface area contributed by atoms with Crippen LogP contribution in [0.3, 0.4) is 0 Å². The maximum absolute atomic E-state index is 5.36. The van der Waals surface area contributed by atoms with Gasteiger partial charge in [0.05, 0.1) is 18.5 Å². The Balaban J connectivity index is 2.26. The molecule has 0 saturated heterocycles. The van der Waals surface area contributed by atoms with E-state index in [2.05, 4.69) is 23.5 Å². The zero-order valence-electron chi connectivity index (χ0n) is 10.6. The number of nitrogens with one attached hydrogen (secondary N) is 1. The monoisotopic (exact) mass is 233 g/mol. The molecule has 0 saturated carbocycles. The van der Waals surface area contributed by atoms with Crippen molar-refractivity contribution in [2.24, 2.45) is 0 Å². The second-order valence-corrected chi connectivity index (χ2v) is 4.19. The van der Waals surface area contributed by atoms with Crippen LogP contribution in [0.1, 0.15) is 36.3 Å².